The minimum Gasteiger partial charge on any atom is -0.383 e. The van der Waals surface area contributed by atoms with Crippen LogP contribution in [0.15, 0.2) is 16.4 Å². The lowest BCUT2D eigenvalue weighted by molar-refractivity contribution is -0.121. The summed E-state index contributed by atoms with van der Waals surface area (Å²) >= 11 is 0. The van der Waals surface area contributed by atoms with Crippen molar-refractivity contribution in [1.82, 2.24) is 15.3 Å². The molecule has 1 aromatic rings. The average Bonchev–Trinajstić information content (AvgIpc) is 3.30. The third kappa shape index (κ3) is 4.25. The van der Waals surface area contributed by atoms with Gasteiger partial charge in [-0.15, -0.1) is 12.3 Å². The number of carbonyl (C=O) groups is 1. The topological polar surface area (TPSA) is 106 Å². The van der Waals surface area contributed by atoms with Crippen LogP contribution in [0.3, 0.4) is 0 Å². The molecule has 2 rings (SSSR count). The molecule has 0 radical (unpaired) electrons. The molecule has 1 amide bonds. The van der Waals surface area contributed by atoms with Crippen molar-refractivity contribution < 1.29 is 4.79 Å². The minimum absolute atomic E-state index is 0.0728. The summed E-state index contributed by atoms with van der Waals surface area (Å²) < 4.78 is 0. The molecule has 2 heterocycles. The summed E-state index contributed by atoms with van der Waals surface area (Å²) in [4.78, 5) is 20.2. The summed E-state index contributed by atoms with van der Waals surface area (Å²) in [6.45, 7) is 2.28. The molecule has 0 aliphatic carbocycles. The lowest BCUT2D eigenvalue weighted by Gasteiger charge is -2.10. The van der Waals surface area contributed by atoms with E-state index in [0.717, 1.165) is 6.42 Å². The second-order valence-corrected chi connectivity index (χ2v) is 5.21. The number of nitrogens with zero attached hydrogens (tertiary/aromatic N) is 4. The molecule has 1 aromatic heterocycles. The number of aromatic nitrogens is 2. The maximum atomic E-state index is 11.9. The average molecular weight is 300 g/mol. The summed E-state index contributed by atoms with van der Waals surface area (Å²) in [5, 5.41) is 10.8. The number of rotatable bonds is 8. The van der Waals surface area contributed by atoms with Gasteiger partial charge in [-0.05, 0) is 0 Å². The van der Waals surface area contributed by atoms with Gasteiger partial charge in [-0.1, -0.05) is 6.92 Å². The number of anilines is 1. The van der Waals surface area contributed by atoms with Crippen LogP contribution < -0.4 is 11.1 Å². The van der Waals surface area contributed by atoms with Gasteiger partial charge in [0, 0.05) is 50.4 Å². The number of carbonyl (C=O) groups excluding carboxylic acids is 1. The highest BCUT2D eigenvalue weighted by Gasteiger charge is 2.39. The molecule has 116 valence electrons. The Labute approximate surface area is 129 Å². The Balaban J connectivity index is 1.75. The van der Waals surface area contributed by atoms with Crippen LogP contribution >= 0.6 is 0 Å². The molecule has 0 atom stereocenters. The van der Waals surface area contributed by atoms with E-state index in [0.29, 0.717) is 49.4 Å². The van der Waals surface area contributed by atoms with Crippen LogP contribution in [0.25, 0.3) is 0 Å². The molecule has 0 aromatic carbocycles. The van der Waals surface area contributed by atoms with E-state index >= 15 is 0 Å². The van der Waals surface area contributed by atoms with Crippen LogP contribution in [-0.4, -0.2) is 21.5 Å². The molecule has 7 heteroatoms. The number of aryl methyl sites for hydroxylation is 1. The van der Waals surface area contributed by atoms with Crippen LogP contribution in [-0.2, 0) is 17.8 Å². The van der Waals surface area contributed by atoms with Gasteiger partial charge in [-0.2, -0.15) is 10.2 Å². The van der Waals surface area contributed by atoms with Crippen molar-refractivity contribution >= 4 is 11.7 Å². The van der Waals surface area contributed by atoms with Crippen molar-refractivity contribution in [1.29, 1.82) is 0 Å². The van der Waals surface area contributed by atoms with E-state index in [1.54, 1.807) is 6.20 Å². The number of terminal acetylenes is 1. The zero-order chi connectivity index (χ0) is 16.0. The van der Waals surface area contributed by atoms with Crippen LogP contribution in [0.2, 0.25) is 0 Å². The number of nitrogen functional groups attached to an aromatic ring is 1. The van der Waals surface area contributed by atoms with Crippen molar-refractivity contribution in [3.05, 3.63) is 17.6 Å². The standard InChI is InChI=1S/C15H20N6O/c1-3-5-7-15(20-21-15)8-6-13(22)18-10-11-9-17-12(4-2)19-14(11)16/h1,9H,4-8,10H2,2H3,(H,18,22)(H2,16,17,19). The molecular weight excluding hydrogens is 280 g/mol. The van der Waals surface area contributed by atoms with Crippen molar-refractivity contribution in [3.63, 3.8) is 0 Å². The Morgan fingerprint density at radius 1 is 1.45 bits per heavy atom. The van der Waals surface area contributed by atoms with E-state index < -0.39 is 5.66 Å². The van der Waals surface area contributed by atoms with E-state index in [4.69, 9.17) is 12.2 Å². The van der Waals surface area contributed by atoms with Gasteiger partial charge in [0.2, 0.25) is 5.91 Å². The zero-order valence-corrected chi connectivity index (χ0v) is 12.7. The zero-order valence-electron chi connectivity index (χ0n) is 12.7. The van der Waals surface area contributed by atoms with Crippen LogP contribution in [0, 0.1) is 12.3 Å². The van der Waals surface area contributed by atoms with E-state index in [1.165, 1.54) is 0 Å². The first-order valence-corrected chi connectivity index (χ1v) is 7.33. The van der Waals surface area contributed by atoms with Crippen molar-refractivity contribution in [3.8, 4) is 12.3 Å². The van der Waals surface area contributed by atoms with Crippen LogP contribution in [0.4, 0.5) is 5.82 Å². The Hall–Kier alpha value is -2.49. The molecule has 0 spiro atoms. The van der Waals surface area contributed by atoms with Gasteiger partial charge >= 0.3 is 0 Å². The molecule has 0 fully saturated rings. The Morgan fingerprint density at radius 3 is 2.82 bits per heavy atom. The van der Waals surface area contributed by atoms with E-state index in [-0.39, 0.29) is 5.91 Å². The summed E-state index contributed by atoms with van der Waals surface area (Å²) in [6, 6.07) is 0. The molecule has 7 nitrogen and oxygen atoms in total. The highest BCUT2D eigenvalue weighted by molar-refractivity contribution is 5.76. The molecule has 0 saturated heterocycles. The first-order valence-electron chi connectivity index (χ1n) is 7.33. The third-order valence-electron chi connectivity index (χ3n) is 3.55. The van der Waals surface area contributed by atoms with Gasteiger partial charge in [0.15, 0.2) is 5.66 Å². The van der Waals surface area contributed by atoms with Gasteiger partial charge in [0.1, 0.15) is 11.6 Å². The van der Waals surface area contributed by atoms with Gasteiger partial charge in [0.25, 0.3) is 0 Å². The highest BCUT2D eigenvalue weighted by atomic mass is 16.1. The predicted molar refractivity (Wildman–Crippen MR) is 82.6 cm³/mol. The minimum atomic E-state index is -0.422. The molecule has 1 aliphatic rings. The number of nitrogens with one attached hydrogen (secondary N) is 1. The molecule has 3 N–H and O–H groups in total. The van der Waals surface area contributed by atoms with Crippen molar-refractivity contribution in [2.75, 3.05) is 5.73 Å². The molecule has 1 aliphatic heterocycles. The molecule has 0 saturated carbocycles. The monoisotopic (exact) mass is 300 g/mol. The van der Waals surface area contributed by atoms with Gasteiger partial charge in [0.05, 0.1) is 0 Å². The van der Waals surface area contributed by atoms with E-state index in [2.05, 4.69) is 31.4 Å². The molecular formula is C15H20N6O. The smallest absolute Gasteiger partial charge is 0.220 e. The van der Waals surface area contributed by atoms with Crippen LogP contribution in [0.5, 0.6) is 0 Å². The fourth-order valence-electron chi connectivity index (χ4n) is 2.03. The fourth-order valence-corrected chi connectivity index (χ4v) is 2.03. The lowest BCUT2D eigenvalue weighted by Crippen LogP contribution is -2.25. The van der Waals surface area contributed by atoms with E-state index in [1.807, 2.05) is 6.92 Å². The maximum absolute atomic E-state index is 11.9. The predicted octanol–water partition coefficient (Wildman–Crippen LogP) is 1.59. The Bertz CT molecular complexity index is 613. The summed E-state index contributed by atoms with van der Waals surface area (Å²) in [6.07, 6.45) is 9.87. The second-order valence-electron chi connectivity index (χ2n) is 5.21. The lowest BCUT2D eigenvalue weighted by atomic mass is 10.0. The quantitative estimate of drug-likeness (QED) is 0.711. The first-order chi connectivity index (χ1) is 10.6. The number of hydrogen-bond donors (Lipinski definition) is 2. The first kappa shape index (κ1) is 15.9. The summed E-state index contributed by atoms with van der Waals surface area (Å²) in [7, 11) is 0. The van der Waals surface area contributed by atoms with Crippen molar-refractivity contribution in [2.24, 2.45) is 10.2 Å². The van der Waals surface area contributed by atoms with E-state index in [9.17, 15) is 4.79 Å². The number of nitrogens with two attached hydrogens (primary N) is 1. The van der Waals surface area contributed by atoms with Gasteiger partial charge < -0.3 is 11.1 Å². The van der Waals surface area contributed by atoms with Gasteiger partial charge in [-0.3, -0.25) is 4.79 Å². The Morgan fingerprint density at radius 2 is 2.23 bits per heavy atom. The highest BCUT2D eigenvalue weighted by Crippen LogP contribution is 2.37. The molecule has 0 unspecified atom stereocenters. The Kier molecular flexibility index (Phi) is 5.04. The summed E-state index contributed by atoms with van der Waals surface area (Å²) in [5.41, 5.74) is 6.13. The number of hydrogen-bond acceptors (Lipinski definition) is 6. The maximum Gasteiger partial charge on any atom is 0.220 e. The molecule has 22 heavy (non-hydrogen) atoms. The normalized spacial score (nSPS) is 14.4. The third-order valence-corrected chi connectivity index (χ3v) is 3.55. The second kappa shape index (κ2) is 6.98. The van der Waals surface area contributed by atoms with Gasteiger partial charge in [-0.25, -0.2) is 9.97 Å². The SMILES string of the molecule is C#CCCC1(CCC(=O)NCc2cnc(CC)nc2N)N=N1. The largest absolute Gasteiger partial charge is 0.383 e. The molecule has 0 bridgehead atoms. The van der Waals surface area contributed by atoms with Crippen molar-refractivity contribution in [2.45, 2.75) is 51.2 Å². The van der Waals surface area contributed by atoms with Crippen LogP contribution in [0.1, 0.15) is 44.0 Å². The number of amides is 1. The summed E-state index contributed by atoms with van der Waals surface area (Å²) in [5.74, 6) is 3.59. The fraction of sp³-hybridized carbons (Fsp3) is 0.533.